The van der Waals surface area contributed by atoms with Gasteiger partial charge in [0.05, 0.1) is 11.6 Å². The maximum absolute atomic E-state index is 14.2. The first-order valence-corrected chi connectivity index (χ1v) is 12.8. The Morgan fingerprint density at radius 3 is 2.55 bits per heavy atom. The van der Waals surface area contributed by atoms with Crippen molar-refractivity contribution < 1.29 is 23.5 Å². The highest BCUT2D eigenvalue weighted by Gasteiger charge is 2.31. The van der Waals surface area contributed by atoms with E-state index in [2.05, 4.69) is 10.6 Å². The van der Waals surface area contributed by atoms with Crippen molar-refractivity contribution in [2.24, 2.45) is 0 Å². The van der Waals surface area contributed by atoms with Gasteiger partial charge in [0.15, 0.2) is 0 Å². The van der Waals surface area contributed by atoms with Crippen LogP contribution in [0.1, 0.15) is 11.4 Å². The van der Waals surface area contributed by atoms with E-state index in [-0.39, 0.29) is 24.5 Å². The summed E-state index contributed by atoms with van der Waals surface area (Å²) in [6, 6.07) is 16.0. The molecule has 5 rings (SSSR count). The predicted octanol–water partition coefficient (Wildman–Crippen LogP) is 5.03. The maximum Gasteiger partial charge on any atom is 0.405 e. The Kier molecular flexibility index (Phi) is 7.56. The average molecular weight is 567 g/mol. The van der Waals surface area contributed by atoms with Gasteiger partial charge >= 0.3 is 6.09 Å². The highest BCUT2D eigenvalue weighted by molar-refractivity contribution is 6.30. The van der Waals surface area contributed by atoms with Crippen LogP contribution >= 0.6 is 11.6 Å². The molecule has 0 spiro atoms. The monoisotopic (exact) mass is 566 g/mol. The van der Waals surface area contributed by atoms with Crippen molar-refractivity contribution in [2.45, 2.75) is 25.6 Å². The largest absolute Gasteiger partial charge is 0.465 e. The lowest BCUT2D eigenvalue weighted by atomic mass is 10.0. The van der Waals surface area contributed by atoms with Gasteiger partial charge in [-0.1, -0.05) is 35.9 Å². The number of carbonyl (C=O) groups excluding carboxylic acids is 1. The normalized spacial score (nSPS) is 13.4. The molecule has 0 unspecified atom stereocenters. The first-order chi connectivity index (χ1) is 19.2. The van der Waals surface area contributed by atoms with Crippen molar-refractivity contribution in [1.29, 1.82) is 0 Å². The number of nitrogens with zero attached hydrogens (tertiary/aromatic N) is 3. The standard InChI is InChI=1S/C28H25ClF2N6O3/c29-21-9-8-20(14-22(21)31)33-26-25(17-2-1-3-18(30)13-17)35-24-15-36(10-11-37(24)26)27(38)23(34-28(39)40)12-16-4-6-19(32)7-5-16/h1-9,13-14,23,33-34H,10-12,15,32H2,(H,39,40)/t23-/m0/s1. The number of benzene rings is 3. The molecule has 9 nitrogen and oxygen atoms in total. The van der Waals surface area contributed by atoms with Gasteiger partial charge in [-0.2, -0.15) is 0 Å². The molecule has 206 valence electrons. The number of halogens is 3. The van der Waals surface area contributed by atoms with Gasteiger partial charge in [0.1, 0.15) is 35.0 Å². The predicted molar refractivity (Wildman–Crippen MR) is 147 cm³/mol. The number of imidazole rings is 1. The van der Waals surface area contributed by atoms with Gasteiger partial charge in [0.2, 0.25) is 5.91 Å². The lowest BCUT2D eigenvalue weighted by molar-refractivity contribution is -0.134. The minimum Gasteiger partial charge on any atom is -0.465 e. The number of hydrogen-bond donors (Lipinski definition) is 4. The third kappa shape index (κ3) is 5.84. The molecule has 2 amide bonds. The second-order valence-electron chi connectivity index (χ2n) is 9.35. The molecule has 0 bridgehead atoms. The summed E-state index contributed by atoms with van der Waals surface area (Å²) >= 11 is 5.84. The van der Waals surface area contributed by atoms with Crippen molar-refractivity contribution in [3.05, 3.63) is 94.8 Å². The van der Waals surface area contributed by atoms with Crippen molar-refractivity contribution in [3.8, 4) is 11.3 Å². The van der Waals surface area contributed by atoms with Crippen LogP contribution in [0.2, 0.25) is 5.02 Å². The zero-order valence-electron chi connectivity index (χ0n) is 21.1. The number of hydrogen-bond acceptors (Lipinski definition) is 5. The molecule has 1 aliphatic rings. The van der Waals surface area contributed by atoms with Crippen LogP contribution in [0.5, 0.6) is 0 Å². The van der Waals surface area contributed by atoms with Crippen LogP contribution in [0.4, 0.5) is 30.8 Å². The van der Waals surface area contributed by atoms with E-state index in [1.54, 1.807) is 42.5 Å². The van der Waals surface area contributed by atoms with Crippen LogP contribution in [0.3, 0.4) is 0 Å². The molecule has 0 saturated heterocycles. The van der Waals surface area contributed by atoms with Crippen LogP contribution in [0, 0.1) is 11.6 Å². The van der Waals surface area contributed by atoms with Crippen LogP contribution < -0.4 is 16.4 Å². The molecular weight excluding hydrogens is 542 g/mol. The summed E-state index contributed by atoms with van der Waals surface area (Å²) in [7, 11) is 0. The molecule has 1 aromatic heterocycles. The number of nitrogens with one attached hydrogen (secondary N) is 2. The van der Waals surface area contributed by atoms with Gasteiger partial charge in [0, 0.05) is 36.4 Å². The summed E-state index contributed by atoms with van der Waals surface area (Å²) in [5, 5.41) is 14.9. The number of carboxylic acid groups (broad SMARTS) is 1. The van der Waals surface area contributed by atoms with E-state index in [0.29, 0.717) is 40.8 Å². The van der Waals surface area contributed by atoms with Gasteiger partial charge in [-0.3, -0.25) is 4.79 Å². The third-order valence-electron chi connectivity index (χ3n) is 6.58. The second kappa shape index (κ2) is 11.2. The van der Waals surface area contributed by atoms with Gasteiger partial charge < -0.3 is 30.9 Å². The van der Waals surface area contributed by atoms with Gasteiger partial charge in [0.25, 0.3) is 0 Å². The maximum atomic E-state index is 14.2. The van der Waals surface area contributed by atoms with E-state index in [9.17, 15) is 23.5 Å². The van der Waals surface area contributed by atoms with Gasteiger partial charge in [-0.05, 0) is 48.0 Å². The van der Waals surface area contributed by atoms with Gasteiger partial charge in [-0.25, -0.2) is 18.6 Å². The van der Waals surface area contributed by atoms with Crippen LogP contribution in [-0.4, -0.2) is 44.1 Å². The summed E-state index contributed by atoms with van der Waals surface area (Å²) in [6.07, 6.45) is -1.18. The molecule has 0 saturated carbocycles. The lowest BCUT2D eigenvalue weighted by Crippen LogP contribution is -2.51. The molecule has 12 heteroatoms. The smallest absolute Gasteiger partial charge is 0.405 e. The Labute approximate surface area is 233 Å². The average Bonchev–Trinajstić information content (AvgIpc) is 3.28. The summed E-state index contributed by atoms with van der Waals surface area (Å²) in [6.45, 7) is 0.648. The fourth-order valence-electron chi connectivity index (χ4n) is 4.65. The fourth-order valence-corrected chi connectivity index (χ4v) is 4.77. The number of nitrogens with two attached hydrogens (primary N) is 1. The Bertz CT molecular complexity index is 1580. The third-order valence-corrected chi connectivity index (χ3v) is 6.89. The second-order valence-corrected chi connectivity index (χ2v) is 9.76. The summed E-state index contributed by atoms with van der Waals surface area (Å²) < 4.78 is 30.1. The molecular formula is C28H25ClF2N6O3. The molecule has 1 aliphatic heterocycles. The minimum absolute atomic E-state index is 0.0242. The van der Waals surface area contributed by atoms with E-state index >= 15 is 0 Å². The molecule has 5 N–H and O–H groups in total. The van der Waals surface area contributed by atoms with Crippen molar-refractivity contribution in [3.63, 3.8) is 0 Å². The zero-order valence-corrected chi connectivity index (χ0v) is 21.8. The zero-order chi connectivity index (χ0) is 28.4. The Hall–Kier alpha value is -4.64. The van der Waals surface area contributed by atoms with Crippen molar-refractivity contribution in [1.82, 2.24) is 19.8 Å². The molecule has 40 heavy (non-hydrogen) atoms. The van der Waals surface area contributed by atoms with E-state index in [4.69, 9.17) is 22.3 Å². The number of rotatable bonds is 7. The molecule has 0 fully saturated rings. The van der Waals surface area contributed by atoms with E-state index < -0.39 is 29.7 Å². The summed E-state index contributed by atoms with van der Waals surface area (Å²) in [5.41, 5.74) is 8.36. The minimum atomic E-state index is -1.32. The number of fused-ring (bicyclic) bond motifs is 1. The number of aromatic nitrogens is 2. The Morgan fingerprint density at radius 2 is 1.85 bits per heavy atom. The Morgan fingerprint density at radius 1 is 1.07 bits per heavy atom. The van der Waals surface area contributed by atoms with Crippen molar-refractivity contribution in [2.75, 3.05) is 17.6 Å². The molecule has 0 radical (unpaired) electrons. The van der Waals surface area contributed by atoms with Crippen LogP contribution in [-0.2, 0) is 24.3 Å². The van der Waals surface area contributed by atoms with Crippen LogP contribution in [0.15, 0.2) is 66.7 Å². The van der Waals surface area contributed by atoms with E-state index in [0.717, 1.165) is 5.56 Å². The molecule has 1 atom stereocenters. The van der Waals surface area contributed by atoms with Crippen LogP contribution in [0.25, 0.3) is 11.3 Å². The quantitative estimate of drug-likeness (QED) is 0.233. The highest BCUT2D eigenvalue weighted by atomic mass is 35.5. The molecule has 4 aromatic rings. The topological polar surface area (TPSA) is 126 Å². The number of amides is 2. The first-order valence-electron chi connectivity index (χ1n) is 12.4. The Balaban J connectivity index is 1.46. The fraction of sp³-hybridized carbons (Fsp3) is 0.179. The number of carbonyl (C=O) groups is 2. The first kappa shape index (κ1) is 26.9. The number of nitrogen functional groups attached to an aromatic ring is 1. The molecule has 3 aromatic carbocycles. The number of anilines is 3. The van der Waals surface area contributed by atoms with E-state index in [1.807, 2.05) is 4.57 Å². The highest BCUT2D eigenvalue weighted by Crippen LogP contribution is 2.34. The van der Waals surface area contributed by atoms with Crippen molar-refractivity contribution >= 4 is 40.8 Å². The summed E-state index contributed by atoms with van der Waals surface area (Å²) in [4.78, 5) is 31.2. The summed E-state index contributed by atoms with van der Waals surface area (Å²) in [5.74, 6) is -0.467. The SMILES string of the molecule is Nc1ccc(C[C@H](NC(=O)O)C(=O)N2CCn3c(nc(-c4cccc(F)c4)c3Nc3ccc(Cl)c(F)c3)C2)cc1. The van der Waals surface area contributed by atoms with Gasteiger partial charge in [-0.15, -0.1) is 0 Å². The molecule has 2 heterocycles. The van der Waals surface area contributed by atoms with E-state index in [1.165, 1.54) is 29.2 Å². The molecule has 0 aliphatic carbocycles. The lowest BCUT2D eigenvalue weighted by Gasteiger charge is -2.31.